The molecular weight excluding hydrogens is 51.8 g/mol. The van der Waals surface area contributed by atoms with Crippen molar-refractivity contribution in [1.29, 1.82) is 0 Å². The van der Waals surface area contributed by atoms with Crippen LogP contribution in [0.15, 0.2) is 0 Å². The van der Waals surface area contributed by atoms with Crippen molar-refractivity contribution in [2.24, 2.45) is 0 Å². The van der Waals surface area contributed by atoms with E-state index in [2.05, 4.69) is 51.7 Å². The van der Waals surface area contributed by atoms with Crippen LogP contribution in [0.1, 0.15) is 0 Å². The summed E-state index contributed by atoms with van der Waals surface area (Å²) in [6.45, 7) is 0. The number of rotatable bonds is 0. The van der Waals surface area contributed by atoms with Crippen LogP contribution in [0.4, 0.5) is 0 Å². The monoisotopic (exact) mass is 52.0 g/mol. The number of hydrogen-bond donors (Lipinski definition) is 0. The molecule has 0 rings (SSSR count). The summed E-state index contributed by atoms with van der Waals surface area (Å²) in [5.41, 5.74) is 0. The summed E-state index contributed by atoms with van der Waals surface area (Å²) in [4.78, 5) is 0. The van der Waals surface area contributed by atoms with Crippen LogP contribution in [0.25, 0.3) is 0 Å². The van der Waals surface area contributed by atoms with E-state index in [1.165, 1.54) is 0 Å². The van der Waals surface area contributed by atoms with Crippen molar-refractivity contribution in [3.8, 4) is 0 Å². The van der Waals surface area contributed by atoms with Crippen molar-refractivity contribution in [2.45, 2.75) is 0 Å². The SMILES string of the molecule is [Li][P]([Li])[Li]. The molecule has 0 amide bonds. The Morgan fingerprint density at radius 2 is 1.00 bits per heavy atom. The minimum atomic E-state index is 0.380. The Morgan fingerprint density at radius 1 is 1.00 bits per heavy atom. The Morgan fingerprint density at radius 3 is 1.00 bits per heavy atom. The second-order valence-corrected chi connectivity index (χ2v) is 4.02. The molecule has 0 spiro atoms. The van der Waals surface area contributed by atoms with Crippen molar-refractivity contribution in [3.63, 3.8) is 0 Å². The van der Waals surface area contributed by atoms with E-state index in [0.717, 1.165) is 0 Å². The molecular formula is Li3P. The molecule has 0 unspecified atom stereocenters. The zero-order valence-corrected chi connectivity index (χ0v) is 4.34. The molecule has 0 bridgehead atoms. The maximum absolute atomic E-state index is 2.23. The molecule has 0 aromatic rings. The van der Waals surface area contributed by atoms with Gasteiger partial charge in [-0.25, -0.2) is 0 Å². The van der Waals surface area contributed by atoms with Crippen LogP contribution in [0.5, 0.6) is 0 Å². The summed E-state index contributed by atoms with van der Waals surface area (Å²) in [6.07, 6.45) is 0. The third-order valence-electron chi connectivity index (χ3n) is 0. The first-order valence-corrected chi connectivity index (χ1v) is 4.02. The predicted octanol–water partition coefficient (Wildman–Crippen LogP) is -0.281. The molecule has 0 N–H and O–H groups in total. The van der Waals surface area contributed by atoms with Gasteiger partial charge in [-0.2, -0.15) is 0 Å². The van der Waals surface area contributed by atoms with Crippen LogP contribution in [0.2, 0.25) is 0 Å². The fourth-order valence-corrected chi connectivity index (χ4v) is 0. The molecule has 0 saturated carbocycles. The third-order valence-corrected chi connectivity index (χ3v) is 0. The van der Waals surface area contributed by atoms with Crippen LogP contribution >= 0.6 is 3.19 Å². The summed E-state index contributed by atoms with van der Waals surface area (Å²) in [5, 5.41) is 0. The fourth-order valence-electron chi connectivity index (χ4n) is 0. The molecule has 0 aromatic carbocycles. The van der Waals surface area contributed by atoms with Gasteiger partial charge in [-0.3, -0.25) is 0 Å². The van der Waals surface area contributed by atoms with Crippen LogP contribution in [0.3, 0.4) is 0 Å². The molecule has 0 aliphatic rings. The van der Waals surface area contributed by atoms with Crippen molar-refractivity contribution in [1.82, 2.24) is 0 Å². The Labute approximate surface area is 54.5 Å². The van der Waals surface area contributed by atoms with Crippen molar-refractivity contribution < 1.29 is 0 Å². The van der Waals surface area contributed by atoms with Gasteiger partial charge in [0.15, 0.2) is 0 Å². The van der Waals surface area contributed by atoms with E-state index in [1.807, 2.05) is 0 Å². The topological polar surface area (TPSA) is 0 Å². The molecule has 4 heavy (non-hydrogen) atoms. The van der Waals surface area contributed by atoms with E-state index in [1.54, 1.807) is 0 Å². The third kappa shape index (κ3) is 8.88. The average molecular weight is 51.8 g/mol. The molecule has 0 aliphatic heterocycles. The van der Waals surface area contributed by atoms with Gasteiger partial charge in [0, 0.05) is 0 Å². The van der Waals surface area contributed by atoms with Crippen LogP contribution < -0.4 is 0 Å². The van der Waals surface area contributed by atoms with E-state index < -0.39 is 0 Å². The summed E-state index contributed by atoms with van der Waals surface area (Å²) in [5.74, 6) is 0. The first kappa shape index (κ1) is 6.22. The van der Waals surface area contributed by atoms with Crippen LogP contribution in [-0.2, 0) is 0 Å². The van der Waals surface area contributed by atoms with Crippen molar-refractivity contribution >= 4 is 54.9 Å². The molecule has 0 nitrogen and oxygen atoms in total. The minimum absolute atomic E-state index is 0.380. The first-order chi connectivity index (χ1) is 1.73. The van der Waals surface area contributed by atoms with E-state index in [4.69, 9.17) is 0 Å². The normalized spacial score (nSPS) is 9.75. The molecule has 0 radical (unpaired) electrons. The van der Waals surface area contributed by atoms with Crippen molar-refractivity contribution in [2.75, 3.05) is 0 Å². The van der Waals surface area contributed by atoms with Gasteiger partial charge in [-0.1, -0.05) is 0 Å². The Kier molecular flexibility index (Phi) is 5.31. The molecule has 0 aliphatic carbocycles. The predicted molar refractivity (Wildman–Crippen MR) is 24.2 cm³/mol. The summed E-state index contributed by atoms with van der Waals surface area (Å²) >= 11 is 6.69. The van der Waals surface area contributed by atoms with Crippen molar-refractivity contribution in [3.05, 3.63) is 0 Å². The summed E-state index contributed by atoms with van der Waals surface area (Å²) in [6, 6.07) is 0. The molecule has 0 saturated heterocycles. The molecule has 4 heteroatoms. The Bertz CT molecular complexity index is 8.00. The van der Waals surface area contributed by atoms with Gasteiger partial charge in [-0.05, 0) is 0 Å². The zero-order valence-electron chi connectivity index (χ0n) is 3.45. The van der Waals surface area contributed by atoms with Crippen LogP contribution in [0, 0.1) is 0 Å². The Balaban J connectivity index is 2.32. The molecule has 0 heterocycles. The van der Waals surface area contributed by atoms with E-state index in [-0.39, 0.29) is 0 Å². The molecule has 0 aromatic heterocycles. The van der Waals surface area contributed by atoms with Gasteiger partial charge in [0.1, 0.15) is 0 Å². The quantitative estimate of drug-likeness (QED) is 0.262. The second kappa shape index (κ2) is 3.41. The summed E-state index contributed by atoms with van der Waals surface area (Å²) in [7, 11) is 0. The molecule has 0 atom stereocenters. The molecule has 0 fully saturated rings. The van der Waals surface area contributed by atoms with Gasteiger partial charge in [-0.15, -0.1) is 0 Å². The van der Waals surface area contributed by atoms with Gasteiger partial charge in [0.25, 0.3) is 0 Å². The molecule has 8 valence electrons. The second-order valence-electron chi connectivity index (χ2n) is 1.34. The first-order valence-electron chi connectivity index (χ1n) is 1.34. The van der Waals surface area contributed by atoms with Gasteiger partial charge in [0.2, 0.25) is 0 Å². The zero-order chi connectivity index (χ0) is 3.58. The average Bonchev–Trinajstić information content (AvgIpc) is 0.811. The van der Waals surface area contributed by atoms with Gasteiger partial charge < -0.3 is 0 Å². The number of hydrogen-bond acceptors (Lipinski definition) is 0. The van der Waals surface area contributed by atoms with Crippen LogP contribution in [-0.4, -0.2) is 51.7 Å². The fraction of sp³-hybridized carbons (Fsp3) is 0. The van der Waals surface area contributed by atoms with E-state index >= 15 is 0 Å². The summed E-state index contributed by atoms with van der Waals surface area (Å²) < 4.78 is 0.380. The van der Waals surface area contributed by atoms with E-state index in [9.17, 15) is 0 Å². The van der Waals surface area contributed by atoms with E-state index in [0.29, 0.717) is 3.19 Å². The maximum atomic E-state index is 2.23. The van der Waals surface area contributed by atoms with Gasteiger partial charge in [0.05, 0.1) is 0 Å². The Hall–Kier alpha value is 2.22. The standard InChI is InChI=1S/3Li.P. The van der Waals surface area contributed by atoms with Gasteiger partial charge >= 0.3 is 54.9 Å².